The van der Waals surface area contributed by atoms with Crippen LogP contribution in [0.4, 0.5) is 10.1 Å². The van der Waals surface area contributed by atoms with Gasteiger partial charge in [0.2, 0.25) is 0 Å². The maximum absolute atomic E-state index is 13.9. The molecule has 1 saturated carbocycles. The third-order valence-corrected chi connectivity index (χ3v) is 6.46. The highest BCUT2D eigenvalue weighted by Gasteiger charge is 2.30. The molecule has 1 N–H and O–H groups in total. The molecular weight excluding hydrogens is 355 g/mol. The lowest BCUT2D eigenvalue weighted by Crippen LogP contribution is -2.49. The number of anilines is 1. The second-order valence-electron chi connectivity index (χ2n) is 9.57. The molecule has 0 spiro atoms. The first kappa shape index (κ1) is 21.5. The Balaban J connectivity index is 1.34. The molecule has 2 aliphatic rings. The van der Waals surface area contributed by atoms with Gasteiger partial charge in [-0.2, -0.15) is 0 Å². The molecular formula is C23H37FN2O2. The van der Waals surface area contributed by atoms with E-state index in [4.69, 9.17) is 4.74 Å². The van der Waals surface area contributed by atoms with E-state index in [2.05, 4.69) is 30.6 Å². The molecule has 0 unspecified atom stereocenters. The van der Waals surface area contributed by atoms with E-state index >= 15 is 0 Å². The molecule has 0 amide bonds. The van der Waals surface area contributed by atoms with Crippen LogP contribution in [0.2, 0.25) is 0 Å². The van der Waals surface area contributed by atoms with E-state index in [9.17, 15) is 9.50 Å². The van der Waals surface area contributed by atoms with Gasteiger partial charge in [-0.1, -0.05) is 32.9 Å². The van der Waals surface area contributed by atoms with Crippen LogP contribution in [0.15, 0.2) is 24.3 Å². The minimum absolute atomic E-state index is 0.162. The molecule has 2 fully saturated rings. The minimum atomic E-state index is -0.458. The number of piperazine rings is 1. The van der Waals surface area contributed by atoms with Crippen LogP contribution in [0.25, 0.3) is 0 Å². The maximum Gasteiger partial charge on any atom is 0.146 e. The van der Waals surface area contributed by atoms with E-state index < -0.39 is 6.10 Å². The third kappa shape index (κ3) is 5.91. The molecule has 1 atom stereocenters. The number of para-hydroxylation sites is 1. The molecule has 1 saturated heterocycles. The van der Waals surface area contributed by atoms with Crippen LogP contribution in [0, 0.1) is 17.2 Å². The first-order valence-electron chi connectivity index (χ1n) is 10.8. The van der Waals surface area contributed by atoms with Gasteiger partial charge in [0.15, 0.2) is 0 Å². The molecule has 3 rings (SSSR count). The Labute approximate surface area is 169 Å². The number of β-amino-alcohol motifs (C(OH)–C–C–N with tert-alkyl or cyclic N) is 1. The Hall–Kier alpha value is -1.17. The fourth-order valence-electron chi connectivity index (χ4n) is 4.57. The van der Waals surface area contributed by atoms with Crippen molar-refractivity contribution in [3.8, 4) is 0 Å². The van der Waals surface area contributed by atoms with Crippen molar-refractivity contribution in [2.24, 2.45) is 11.3 Å². The Kier molecular flexibility index (Phi) is 7.35. The summed E-state index contributed by atoms with van der Waals surface area (Å²) in [5.41, 5.74) is 1.06. The van der Waals surface area contributed by atoms with Crippen molar-refractivity contribution in [3.05, 3.63) is 30.1 Å². The molecule has 1 aliphatic heterocycles. The lowest BCUT2D eigenvalue weighted by molar-refractivity contribution is -0.0446. The van der Waals surface area contributed by atoms with Gasteiger partial charge in [0.05, 0.1) is 24.5 Å². The summed E-state index contributed by atoms with van der Waals surface area (Å²) in [6, 6.07) is 6.95. The van der Waals surface area contributed by atoms with Gasteiger partial charge >= 0.3 is 0 Å². The highest BCUT2D eigenvalue weighted by Crippen LogP contribution is 2.38. The van der Waals surface area contributed by atoms with Gasteiger partial charge in [0, 0.05) is 32.7 Å². The van der Waals surface area contributed by atoms with Crippen molar-refractivity contribution in [3.63, 3.8) is 0 Å². The molecule has 0 bridgehead atoms. The van der Waals surface area contributed by atoms with Gasteiger partial charge in [-0.05, 0) is 49.1 Å². The van der Waals surface area contributed by atoms with Crippen LogP contribution in [0.3, 0.4) is 0 Å². The van der Waals surface area contributed by atoms with Crippen LogP contribution >= 0.6 is 0 Å². The van der Waals surface area contributed by atoms with Gasteiger partial charge in [0.1, 0.15) is 5.82 Å². The summed E-state index contributed by atoms with van der Waals surface area (Å²) in [5.74, 6) is 0.619. The number of ether oxygens (including phenoxy) is 1. The molecule has 0 radical (unpaired) electrons. The van der Waals surface area contributed by atoms with E-state index in [1.807, 2.05) is 12.1 Å². The van der Waals surface area contributed by atoms with Crippen LogP contribution < -0.4 is 4.90 Å². The number of halogens is 1. The fraction of sp³-hybridized carbons (Fsp3) is 0.739. The van der Waals surface area contributed by atoms with Crippen molar-refractivity contribution < 1.29 is 14.2 Å². The van der Waals surface area contributed by atoms with Gasteiger partial charge in [-0.3, -0.25) is 4.90 Å². The van der Waals surface area contributed by atoms with E-state index in [1.54, 1.807) is 6.07 Å². The predicted molar refractivity (Wildman–Crippen MR) is 112 cm³/mol. The lowest BCUT2D eigenvalue weighted by Gasteiger charge is -2.38. The minimum Gasteiger partial charge on any atom is -0.389 e. The van der Waals surface area contributed by atoms with Gasteiger partial charge in [-0.15, -0.1) is 0 Å². The lowest BCUT2D eigenvalue weighted by atomic mass is 9.72. The van der Waals surface area contributed by atoms with Crippen molar-refractivity contribution in [2.45, 2.75) is 58.7 Å². The maximum atomic E-state index is 13.9. The van der Waals surface area contributed by atoms with Gasteiger partial charge in [-0.25, -0.2) is 4.39 Å². The monoisotopic (exact) mass is 392 g/mol. The first-order valence-corrected chi connectivity index (χ1v) is 10.8. The molecule has 4 nitrogen and oxygen atoms in total. The molecule has 1 aromatic rings. The topological polar surface area (TPSA) is 35.9 Å². The average Bonchev–Trinajstić information content (AvgIpc) is 2.67. The van der Waals surface area contributed by atoms with Crippen LogP contribution in [0.5, 0.6) is 0 Å². The van der Waals surface area contributed by atoms with Crippen LogP contribution in [-0.2, 0) is 4.74 Å². The first-order chi connectivity index (χ1) is 13.3. The largest absolute Gasteiger partial charge is 0.389 e. The second-order valence-corrected chi connectivity index (χ2v) is 9.57. The highest BCUT2D eigenvalue weighted by atomic mass is 19.1. The normalized spacial score (nSPS) is 25.7. The zero-order chi connectivity index (χ0) is 20.1. The molecule has 5 heteroatoms. The predicted octanol–water partition coefficient (Wildman–Crippen LogP) is 3.93. The summed E-state index contributed by atoms with van der Waals surface area (Å²) in [7, 11) is 0. The quantitative estimate of drug-likeness (QED) is 0.796. The molecule has 1 aromatic carbocycles. The summed E-state index contributed by atoms with van der Waals surface area (Å²) in [6.45, 7) is 11.3. The highest BCUT2D eigenvalue weighted by molar-refractivity contribution is 5.47. The Bertz CT molecular complexity index is 603. The number of rotatable bonds is 6. The summed E-state index contributed by atoms with van der Waals surface area (Å²) in [5, 5.41) is 10.4. The van der Waals surface area contributed by atoms with Crippen LogP contribution in [-0.4, -0.2) is 61.5 Å². The van der Waals surface area contributed by atoms with Gasteiger partial charge < -0.3 is 14.7 Å². The number of benzene rings is 1. The van der Waals surface area contributed by atoms with Crippen molar-refractivity contribution in [2.75, 3.05) is 44.2 Å². The SMILES string of the molecule is CC(C)(C)C1CCC(OC[C@@H](O)CN2CCN(c3ccccc3F)CC2)CC1. The molecule has 0 aromatic heterocycles. The number of aliphatic hydroxyl groups excluding tert-OH is 1. The average molecular weight is 393 g/mol. The molecule has 1 aliphatic carbocycles. The zero-order valence-corrected chi connectivity index (χ0v) is 17.7. The van der Waals surface area contributed by atoms with E-state index in [0.717, 1.165) is 44.9 Å². The molecule has 1 heterocycles. The van der Waals surface area contributed by atoms with E-state index in [0.29, 0.717) is 30.4 Å². The Morgan fingerprint density at radius 1 is 1.07 bits per heavy atom. The number of nitrogens with zero attached hydrogens (tertiary/aromatic N) is 2. The fourth-order valence-corrected chi connectivity index (χ4v) is 4.57. The van der Waals surface area contributed by atoms with Crippen molar-refractivity contribution >= 4 is 5.69 Å². The van der Waals surface area contributed by atoms with Crippen LogP contribution in [0.1, 0.15) is 46.5 Å². The Morgan fingerprint density at radius 3 is 2.32 bits per heavy atom. The molecule has 28 heavy (non-hydrogen) atoms. The summed E-state index contributed by atoms with van der Waals surface area (Å²) in [4.78, 5) is 4.34. The smallest absolute Gasteiger partial charge is 0.146 e. The summed E-state index contributed by atoms with van der Waals surface area (Å²) < 4.78 is 20.0. The van der Waals surface area contributed by atoms with E-state index in [1.165, 1.54) is 18.9 Å². The van der Waals surface area contributed by atoms with Crippen molar-refractivity contribution in [1.29, 1.82) is 0 Å². The molecule has 158 valence electrons. The summed E-state index contributed by atoms with van der Waals surface area (Å²) in [6.07, 6.45) is 4.50. The second kappa shape index (κ2) is 9.55. The zero-order valence-electron chi connectivity index (χ0n) is 17.7. The third-order valence-electron chi connectivity index (χ3n) is 6.46. The Morgan fingerprint density at radius 2 is 1.71 bits per heavy atom. The number of hydrogen-bond donors (Lipinski definition) is 1. The standard InChI is InChI=1S/C23H37FN2O2/c1-23(2,3)18-8-10-20(11-9-18)28-17-19(27)16-25-12-14-26(15-13-25)22-7-5-4-6-21(22)24/h4-7,18-20,27H,8-17H2,1-3H3/t18?,19-,20?/m0/s1. The van der Waals surface area contributed by atoms with Crippen molar-refractivity contribution in [1.82, 2.24) is 4.90 Å². The number of hydrogen-bond acceptors (Lipinski definition) is 4. The number of aliphatic hydroxyl groups is 1. The summed E-state index contributed by atoms with van der Waals surface area (Å²) >= 11 is 0. The van der Waals surface area contributed by atoms with Gasteiger partial charge in [0.25, 0.3) is 0 Å². The van der Waals surface area contributed by atoms with E-state index in [-0.39, 0.29) is 5.82 Å².